The van der Waals surface area contributed by atoms with E-state index in [4.69, 9.17) is 9.84 Å². The van der Waals surface area contributed by atoms with Gasteiger partial charge >= 0.3 is 0 Å². The summed E-state index contributed by atoms with van der Waals surface area (Å²) in [5.74, 6) is 0.914. The van der Waals surface area contributed by atoms with Gasteiger partial charge in [-0.15, -0.1) is 0 Å². The maximum absolute atomic E-state index is 8.72. The van der Waals surface area contributed by atoms with Gasteiger partial charge in [-0.3, -0.25) is 0 Å². The van der Waals surface area contributed by atoms with Crippen molar-refractivity contribution in [2.75, 3.05) is 20.3 Å². The van der Waals surface area contributed by atoms with Crippen LogP contribution in [-0.4, -0.2) is 25.4 Å². The summed E-state index contributed by atoms with van der Waals surface area (Å²) in [6, 6.07) is 8.38. The first kappa shape index (κ1) is 13.0. The predicted molar refractivity (Wildman–Crippen MR) is 65.7 cm³/mol. The van der Waals surface area contributed by atoms with E-state index in [2.05, 4.69) is 18.3 Å². The average Bonchev–Trinajstić information content (AvgIpc) is 2.33. The van der Waals surface area contributed by atoms with Crippen LogP contribution in [0.15, 0.2) is 24.3 Å². The van der Waals surface area contributed by atoms with Crippen LogP contribution in [0.1, 0.15) is 31.4 Å². The van der Waals surface area contributed by atoms with Crippen LogP contribution in [0.4, 0.5) is 0 Å². The number of hydrogen-bond acceptors (Lipinski definition) is 3. The third-order valence-corrected chi connectivity index (χ3v) is 2.61. The SMILES string of the molecule is CCC(NC)c1ccccc1OCCCO. The molecule has 0 aliphatic carbocycles. The lowest BCUT2D eigenvalue weighted by Crippen LogP contribution is -2.16. The number of rotatable bonds is 7. The fraction of sp³-hybridized carbons (Fsp3) is 0.538. The molecule has 3 heteroatoms. The van der Waals surface area contributed by atoms with Crippen LogP contribution in [0.5, 0.6) is 5.75 Å². The van der Waals surface area contributed by atoms with Gasteiger partial charge in [0.15, 0.2) is 0 Å². The third kappa shape index (κ3) is 3.51. The van der Waals surface area contributed by atoms with E-state index < -0.39 is 0 Å². The molecule has 0 aliphatic heterocycles. The van der Waals surface area contributed by atoms with Gasteiger partial charge in [0, 0.05) is 24.6 Å². The fourth-order valence-electron chi connectivity index (χ4n) is 1.73. The molecule has 0 spiro atoms. The van der Waals surface area contributed by atoms with Gasteiger partial charge in [0.1, 0.15) is 5.75 Å². The zero-order valence-electron chi connectivity index (χ0n) is 10.1. The van der Waals surface area contributed by atoms with Crippen LogP contribution >= 0.6 is 0 Å². The Kier molecular flexibility index (Phi) is 5.90. The molecule has 0 heterocycles. The number of aliphatic hydroxyl groups excluding tert-OH is 1. The van der Waals surface area contributed by atoms with Gasteiger partial charge in [0.2, 0.25) is 0 Å². The summed E-state index contributed by atoms with van der Waals surface area (Å²) in [6.07, 6.45) is 1.70. The normalized spacial score (nSPS) is 12.4. The predicted octanol–water partition coefficient (Wildman–Crippen LogP) is 2.12. The minimum atomic E-state index is 0.172. The molecule has 1 atom stereocenters. The van der Waals surface area contributed by atoms with E-state index in [1.807, 2.05) is 25.2 Å². The number of para-hydroxylation sites is 1. The van der Waals surface area contributed by atoms with Gasteiger partial charge in [-0.1, -0.05) is 25.1 Å². The van der Waals surface area contributed by atoms with Gasteiger partial charge < -0.3 is 15.2 Å². The standard InChI is InChI=1S/C13H21NO2/c1-3-12(14-2)11-7-4-5-8-13(11)16-10-6-9-15/h4-5,7-8,12,14-15H,3,6,9-10H2,1-2H3. The zero-order chi connectivity index (χ0) is 11.8. The molecule has 1 rings (SSSR count). The summed E-state index contributed by atoms with van der Waals surface area (Å²) in [5.41, 5.74) is 1.19. The van der Waals surface area contributed by atoms with Crippen LogP contribution in [0.3, 0.4) is 0 Å². The van der Waals surface area contributed by atoms with Crippen molar-refractivity contribution in [2.45, 2.75) is 25.8 Å². The monoisotopic (exact) mass is 223 g/mol. The second kappa shape index (κ2) is 7.25. The summed E-state index contributed by atoms with van der Waals surface area (Å²) < 4.78 is 5.66. The van der Waals surface area contributed by atoms with Gasteiger partial charge in [0.25, 0.3) is 0 Å². The first-order chi connectivity index (χ1) is 7.83. The van der Waals surface area contributed by atoms with Crippen molar-refractivity contribution in [1.29, 1.82) is 0 Å². The summed E-state index contributed by atoms with van der Waals surface area (Å²) in [6.45, 7) is 2.88. The van der Waals surface area contributed by atoms with E-state index in [0.29, 0.717) is 19.1 Å². The number of ether oxygens (including phenoxy) is 1. The summed E-state index contributed by atoms with van der Waals surface area (Å²) in [4.78, 5) is 0. The highest BCUT2D eigenvalue weighted by atomic mass is 16.5. The Morgan fingerprint density at radius 2 is 2.12 bits per heavy atom. The van der Waals surface area contributed by atoms with Crippen molar-refractivity contribution in [3.8, 4) is 5.75 Å². The van der Waals surface area contributed by atoms with Gasteiger partial charge in [-0.25, -0.2) is 0 Å². The van der Waals surface area contributed by atoms with E-state index in [1.165, 1.54) is 5.56 Å². The van der Waals surface area contributed by atoms with E-state index in [-0.39, 0.29) is 6.61 Å². The molecule has 0 radical (unpaired) electrons. The lowest BCUT2D eigenvalue weighted by Gasteiger charge is -2.18. The minimum Gasteiger partial charge on any atom is -0.493 e. The Bertz CT molecular complexity index is 298. The first-order valence-corrected chi connectivity index (χ1v) is 5.83. The Hall–Kier alpha value is -1.06. The molecule has 3 nitrogen and oxygen atoms in total. The smallest absolute Gasteiger partial charge is 0.124 e. The van der Waals surface area contributed by atoms with Gasteiger partial charge in [-0.05, 0) is 19.5 Å². The lowest BCUT2D eigenvalue weighted by molar-refractivity contribution is 0.231. The second-order valence-corrected chi connectivity index (χ2v) is 3.71. The zero-order valence-corrected chi connectivity index (χ0v) is 10.1. The van der Waals surface area contributed by atoms with Crippen LogP contribution in [-0.2, 0) is 0 Å². The Morgan fingerprint density at radius 3 is 2.75 bits per heavy atom. The van der Waals surface area contributed by atoms with E-state index in [9.17, 15) is 0 Å². The molecule has 90 valence electrons. The Morgan fingerprint density at radius 1 is 1.38 bits per heavy atom. The highest BCUT2D eigenvalue weighted by molar-refractivity contribution is 5.35. The molecule has 1 aromatic rings. The molecule has 0 saturated heterocycles. The second-order valence-electron chi connectivity index (χ2n) is 3.71. The highest BCUT2D eigenvalue weighted by Gasteiger charge is 2.11. The summed E-state index contributed by atoms with van der Waals surface area (Å²) >= 11 is 0. The lowest BCUT2D eigenvalue weighted by atomic mass is 10.0. The van der Waals surface area contributed by atoms with Crippen molar-refractivity contribution in [3.05, 3.63) is 29.8 Å². The van der Waals surface area contributed by atoms with Crippen LogP contribution < -0.4 is 10.1 Å². The average molecular weight is 223 g/mol. The molecule has 1 unspecified atom stereocenters. The molecule has 0 saturated carbocycles. The van der Waals surface area contributed by atoms with E-state index in [0.717, 1.165) is 12.2 Å². The number of nitrogens with one attached hydrogen (secondary N) is 1. The Balaban J connectivity index is 2.74. The van der Waals surface area contributed by atoms with Crippen molar-refractivity contribution < 1.29 is 9.84 Å². The molecule has 0 aromatic heterocycles. The van der Waals surface area contributed by atoms with Crippen molar-refractivity contribution in [3.63, 3.8) is 0 Å². The number of benzene rings is 1. The molecule has 2 N–H and O–H groups in total. The summed E-state index contributed by atoms with van der Waals surface area (Å²) in [5, 5.41) is 12.0. The minimum absolute atomic E-state index is 0.172. The maximum atomic E-state index is 8.72. The van der Waals surface area contributed by atoms with Crippen LogP contribution in [0.2, 0.25) is 0 Å². The fourth-order valence-corrected chi connectivity index (χ4v) is 1.73. The van der Waals surface area contributed by atoms with E-state index >= 15 is 0 Å². The van der Waals surface area contributed by atoms with E-state index in [1.54, 1.807) is 0 Å². The van der Waals surface area contributed by atoms with Crippen molar-refractivity contribution >= 4 is 0 Å². The molecular weight excluding hydrogens is 202 g/mol. The number of hydrogen-bond donors (Lipinski definition) is 2. The molecular formula is C13H21NO2. The van der Waals surface area contributed by atoms with Crippen LogP contribution in [0, 0.1) is 0 Å². The van der Waals surface area contributed by atoms with Gasteiger partial charge in [0.05, 0.1) is 6.61 Å². The van der Waals surface area contributed by atoms with Gasteiger partial charge in [-0.2, -0.15) is 0 Å². The molecule has 16 heavy (non-hydrogen) atoms. The number of aliphatic hydroxyl groups is 1. The largest absolute Gasteiger partial charge is 0.493 e. The molecule has 0 amide bonds. The third-order valence-electron chi connectivity index (χ3n) is 2.61. The van der Waals surface area contributed by atoms with Crippen LogP contribution in [0.25, 0.3) is 0 Å². The Labute approximate surface area is 97.4 Å². The molecule has 0 aliphatic rings. The molecule has 0 bridgehead atoms. The maximum Gasteiger partial charge on any atom is 0.124 e. The van der Waals surface area contributed by atoms with Crippen molar-refractivity contribution in [2.24, 2.45) is 0 Å². The molecule has 0 fully saturated rings. The topological polar surface area (TPSA) is 41.5 Å². The quantitative estimate of drug-likeness (QED) is 0.696. The highest BCUT2D eigenvalue weighted by Crippen LogP contribution is 2.26. The first-order valence-electron chi connectivity index (χ1n) is 5.83. The van der Waals surface area contributed by atoms with Crippen molar-refractivity contribution in [1.82, 2.24) is 5.32 Å². The molecule has 1 aromatic carbocycles. The summed E-state index contributed by atoms with van der Waals surface area (Å²) in [7, 11) is 1.96.